The lowest BCUT2D eigenvalue weighted by Crippen LogP contribution is -2.27. The molecule has 1 saturated heterocycles. The molecule has 1 aromatic heterocycles. The molecule has 29 heavy (non-hydrogen) atoms. The minimum atomic E-state index is -0.0421. The Hall–Kier alpha value is -3.34. The summed E-state index contributed by atoms with van der Waals surface area (Å²) >= 11 is 0. The molecule has 2 N–H and O–H groups in total. The molecule has 0 radical (unpaired) electrons. The van der Waals surface area contributed by atoms with E-state index in [2.05, 4.69) is 22.4 Å². The highest BCUT2D eigenvalue weighted by Crippen LogP contribution is 2.19. The number of hydrogen-bond acceptors (Lipinski definition) is 2. The number of carbonyl (C=O) groups is 2. The van der Waals surface area contributed by atoms with Crippen molar-refractivity contribution < 1.29 is 9.59 Å². The van der Waals surface area contributed by atoms with Gasteiger partial charge in [0.1, 0.15) is 0 Å². The Morgan fingerprint density at radius 2 is 1.62 bits per heavy atom. The fourth-order valence-corrected chi connectivity index (χ4v) is 3.64. The third kappa shape index (κ3) is 4.74. The summed E-state index contributed by atoms with van der Waals surface area (Å²) in [7, 11) is 0. The summed E-state index contributed by atoms with van der Waals surface area (Å²) in [4.78, 5) is 29.9. The number of aromatic nitrogens is 1. The third-order valence-corrected chi connectivity index (χ3v) is 5.26. The molecule has 0 spiro atoms. The lowest BCUT2D eigenvalue weighted by molar-refractivity contribution is -0.116. The predicted octanol–water partition coefficient (Wildman–Crippen LogP) is 4.49. The zero-order valence-electron chi connectivity index (χ0n) is 16.4. The average molecular weight is 387 g/mol. The lowest BCUT2D eigenvalue weighted by atomic mass is 10.1. The number of amides is 2. The first kappa shape index (κ1) is 19.0. The molecule has 1 aliphatic heterocycles. The third-order valence-electron chi connectivity index (χ3n) is 5.26. The normalized spacial score (nSPS) is 13.4. The Bertz CT molecular complexity index is 971. The second-order valence-electron chi connectivity index (χ2n) is 7.39. The Kier molecular flexibility index (Phi) is 5.75. The lowest BCUT2D eigenvalue weighted by Gasteiger charge is -2.15. The van der Waals surface area contributed by atoms with Crippen molar-refractivity contribution in [2.24, 2.45) is 0 Å². The summed E-state index contributed by atoms with van der Waals surface area (Å²) in [6, 6.07) is 21.3. The van der Waals surface area contributed by atoms with Gasteiger partial charge in [-0.25, -0.2) is 0 Å². The number of nitrogens with one attached hydrogen (secondary N) is 2. The quantitative estimate of drug-likeness (QED) is 0.654. The van der Waals surface area contributed by atoms with Crippen LogP contribution in [0.5, 0.6) is 0 Å². The van der Waals surface area contributed by atoms with Gasteiger partial charge in [0.25, 0.3) is 5.91 Å². The van der Waals surface area contributed by atoms with E-state index < -0.39 is 0 Å². The number of hydrogen-bond donors (Lipinski definition) is 2. The van der Waals surface area contributed by atoms with Crippen LogP contribution in [0.2, 0.25) is 0 Å². The van der Waals surface area contributed by atoms with E-state index >= 15 is 0 Å². The first-order valence-electron chi connectivity index (χ1n) is 10.1. The zero-order chi connectivity index (χ0) is 20.1. The van der Waals surface area contributed by atoms with Crippen molar-refractivity contribution in [3.8, 4) is 11.3 Å². The van der Waals surface area contributed by atoms with E-state index in [0.29, 0.717) is 24.1 Å². The van der Waals surface area contributed by atoms with Crippen molar-refractivity contribution in [3.05, 3.63) is 78.0 Å². The van der Waals surface area contributed by atoms with Crippen LogP contribution in [0.3, 0.4) is 0 Å². The van der Waals surface area contributed by atoms with Gasteiger partial charge in [-0.15, -0.1) is 0 Å². The summed E-state index contributed by atoms with van der Waals surface area (Å²) in [5, 5.41) is 2.91. The topological polar surface area (TPSA) is 65.2 Å². The highest BCUT2D eigenvalue weighted by molar-refractivity contribution is 5.96. The van der Waals surface area contributed by atoms with Crippen LogP contribution in [0.1, 0.15) is 35.3 Å². The molecule has 0 bridgehead atoms. The van der Waals surface area contributed by atoms with Crippen LogP contribution in [0, 0.1) is 0 Å². The second kappa shape index (κ2) is 8.78. The number of anilines is 1. The minimum absolute atomic E-state index is 0.0421. The van der Waals surface area contributed by atoms with E-state index in [9.17, 15) is 9.59 Å². The van der Waals surface area contributed by atoms with Crippen molar-refractivity contribution in [2.45, 2.75) is 25.7 Å². The summed E-state index contributed by atoms with van der Waals surface area (Å²) in [6.45, 7) is 1.67. The van der Waals surface area contributed by atoms with Crippen LogP contribution in [0.15, 0.2) is 66.7 Å². The van der Waals surface area contributed by atoms with Crippen LogP contribution in [0.25, 0.3) is 11.3 Å². The van der Waals surface area contributed by atoms with Crippen LogP contribution in [0.4, 0.5) is 5.69 Å². The van der Waals surface area contributed by atoms with Crippen LogP contribution in [-0.2, 0) is 11.2 Å². The highest BCUT2D eigenvalue weighted by Gasteiger charge is 2.19. The number of H-pyrrole nitrogens is 1. The molecule has 148 valence electrons. The number of benzene rings is 2. The molecule has 5 nitrogen and oxygen atoms in total. The van der Waals surface area contributed by atoms with Crippen molar-refractivity contribution in [1.82, 2.24) is 9.88 Å². The van der Waals surface area contributed by atoms with Gasteiger partial charge in [0.2, 0.25) is 5.91 Å². The van der Waals surface area contributed by atoms with Gasteiger partial charge in [-0.1, -0.05) is 30.3 Å². The Morgan fingerprint density at radius 3 is 2.34 bits per heavy atom. The smallest absolute Gasteiger partial charge is 0.253 e. The van der Waals surface area contributed by atoms with E-state index in [-0.39, 0.29) is 11.8 Å². The molecule has 4 rings (SSSR count). The highest BCUT2D eigenvalue weighted by atomic mass is 16.2. The maximum atomic E-state index is 12.4. The van der Waals surface area contributed by atoms with Gasteiger partial charge in [0.05, 0.1) is 0 Å². The first-order valence-corrected chi connectivity index (χ1v) is 10.1. The fourth-order valence-electron chi connectivity index (χ4n) is 3.64. The fraction of sp³-hybridized carbons (Fsp3) is 0.250. The zero-order valence-corrected chi connectivity index (χ0v) is 16.4. The van der Waals surface area contributed by atoms with Gasteiger partial charge in [-0.05, 0) is 61.2 Å². The molecule has 0 aliphatic carbocycles. The van der Waals surface area contributed by atoms with E-state index in [1.165, 1.54) is 0 Å². The van der Waals surface area contributed by atoms with Gasteiger partial charge >= 0.3 is 0 Å². The molecular weight excluding hydrogens is 362 g/mol. The Morgan fingerprint density at radius 1 is 0.897 bits per heavy atom. The van der Waals surface area contributed by atoms with Gasteiger partial charge in [0, 0.05) is 42.1 Å². The van der Waals surface area contributed by atoms with E-state index in [1.807, 2.05) is 35.2 Å². The molecule has 3 aromatic rings. The van der Waals surface area contributed by atoms with E-state index in [0.717, 1.165) is 42.9 Å². The standard InChI is InChI=1S/C24H25N3O2/c28-23(15-13-20-12-14-22(25-20)18-6-2-1-3-7-18)26-21-10-8-19(9-11-21)24(29)27-16-4-5-17-27/h1-3,6-12,14,25H,4-5,13,15-17H2,(H,26,28). The maximum absolute atomic E-state index is 12.4. The van der Waals surface area contributed by atoms with Gasteiger partial charge < -0.3 is 15.2 Å². The van der Waals surface area contributed by atoms with Crippen molar-refractivity contribution in [1.29, 1.82) is 0 Å². The van der Waals surface area contributed by atoms with E-state index in [1.54, 1.807) is 24.3 Å². The number of rotatable bonds is 6. The van der Waals surface area contributed by atoms with Crippen LogP contribution in [-0.4, -0.2) is 34.8 Å². The second-order valence-corrected chi connectivity index (χ2v) is 7.39. The molecule has 1 aliphatic rings. The molecule has 5 heteroatoms. The molecular formula is C24H25N3O2. The average Bonchev–Trinajstić information content (AvgIpc) is 3.45. The SMILES string of the molecule is O=C(CCc1ccc(-c2ccccc2)[nH]1)Nc1ccc(C(=O)N2CCCC2)cc1. The summed E-state index contributed by atoms with van der Waals surface area (Å²) in [6.07, 6.45) is 3.19. The number of aryl methyl sites for hydroxylation is 1. The maximum Gasteiger partial charge on any atom is 0.253 e. The summed E-state index contributed by atoms with van der Waals surface area (Å²) in [5.74, 6) is 0.0285. The molecule has 2 amide bonds. The molecule has 2 aromatic carbocycles. The number of nitrogens with zero attached hydrogens (tertiary/aromatic N) is 1. The molecule has 0 saturated carbocycles. The number of likely N-dealkylation sites (tertiary alicyclic amines) is 1. The molecule has 2 heterocycles. The summed E-state index contributed by atoms with van der Waals surface area (Å²) in [5.41, 5.74) is 4.60. The van der Waals surface area contributed by atoms with Gasteiger partial charge in [-0.2, -0.15) is 0 Å². The predicted molar refractivity (Wildman–Crippen MR) is 115 cm³/mol. The van der Waals surface area contributed by atoms with Gasteiger partial charge in [0.15, 0.2) is 0 Å². The Labute approximate surface area is 170 Å². The number of carbonyl (C=O) groups excluding carboxylic acids is 2. The largest absolute Gasteiger partial charge is 0.358 e. The Balaban J connectivity index is 1.28. The molecule has 0 atom stereocenters. The van der Waals surface area contributed by atoms with Crippen molar-refractivity contribution >= 4 is 17.5 Å². The first-order chi connectivity index (χ1) is 14.2. The van der Waals surface area contributed by atoms with Crippen LogP contribution >= 0.6 is 0 Å². The monoisotopic (exact) mass is 387 g/mol. The van der Waals surface area contributed by atoms with Gasteiger partial charge in [-0.3, -0.25) is 9.59 Å². The summed E-state index contributed by atoms with van der Waals surface area (Å²) < 4.78 is 0. The van der Waals surface area contributed by atoms with Crippen LogP contribution < -0.4 is 5.32 Å². The molecule has 0 unspecified atom stereocenters. The van der Waals surface area contributed by atoms with Crippen molar-refractivity contribution in [2.75, 3.05) is 18.4 Å². The van der Waals surface area contributed by atoms with Crippen molar-refractivity contribution in [3.63, 3.8) is 0 Å². The molecule has 1 fully saturated rings. The number of aromatic amines is 1. The minimum Gasteiger partial charge on any atom is -0.358 e. The van der Waals surface area contributed by atoms with E-state index in [4.69, 9.17) is 0 Å².